The highest BCUT2D eigenvalue weighted by Gasteiger charge is 2.24. The first-order chi connectivity index (χ1) is 6.66. The van der Waals surface area contributed by atoms with E-state index in [9.17, 15) is 0 Å². The summed E-state index contributed by atoms with van der Waals surface area (Å²) in [6.45, 7) is 0. The van der Waals surface area contributed by atoms with Gasteiger partial charge in [0, 0.05) is 20.2 Å². The Morgan fingerprint density at radius 1 is 1.50 bits per heavy atom. The van der Waals surface area contributed by atoms with Gasteiger partial charge in [0.2, 0.25) is 0 Å². The van der Waals surface area contributed by atoms with Gasteiger partial charge in [0.15, 0.2) is 5.75 Å². The van der Waals surface area contributed by atoms with E-state index >= 15 is 0 Å². The smallest absolute Gasteiger partial charge is 0.154 e. The summed E-state index contributed by atoms with van der Waals surface area (Å²) in [7, 11) is 3.98. The molecular weight excluding hydrogens is 244 g/mol. The van der Waals surface area contributed by atoms with Crippen molar-refractivity contribution in [2.24, 2.45) is 0 Å². The largest absolute Gasteiger partial charge is 0.488 e. The molecule has 0 unspecified atom stereocenters. The molecule has 0 spiro atoms. The second kappa shape index (κ2) is 3.77. The molecule has 4 heteroatoms. The summed E-state index contributed by atoms with van der Waals surface area (Å²) in [5.41, 5.74) is 1.06. The van der Waals surface area contributed by atoms with Gasteiger partial charge in [0.1, 0.15) is 4.60 Å². The molecule has 0 N–H and O–H groups in total. The average molecular weight is 257 g/mol. The van der Waals surface area contributed by atoms with Gasteiger partial charge in [0.25, 0.3) is 0 Å². The zero-order valence-corrected chi connectivity index (χ0v) is 9.91. The highest BCUT2D eigenvalue weighted by atomic mass is 79.9. The molecule has 14 heavy (non-hydrogen) atoms. The lowest BCUT2D eigenvalue weighted by atomic mass is 10.4. The van der Waals surface area contributed by atoms with Crippen LogP contribution in [0.5, 0.6) is 5.75 Å². The van der Waals surface area contributed by atoms with Gasteiger partial charge in [-0.15, -0.1) is 0 Å². The molecule has 76 valence electrons. The van der Waals surface area contributed by atoms with Crippen LogP contribution in [0.1, 0.15) is 12.8 Å². The van der Waals surface area contributed by atoms with Crippen LogP contribution in [0.25, 0.3) is 0 Å². The van der Waals surface area contributed by atoms with Crippen LogP contribution < -0.4 is 9.64 Å². The normalized spacial score (nSPS) is 15.4. The predicted molar refractivity (Wildman–Crippen MR) is 59.9 cm³/mol. The van der Waals surface area contributed by atoms with Crippen LogP contribution in [-0.2, 0) is 0 Å². The lowest BCUT2D eigenvalue weighted by Gasteiger charge is -2.14. The van der Waals surface area contributed by atoms with E-state index in [1.807, 2.05) is 31.3 Å². The van der Waals surface area contributed by atoms with E-state index < -0.39 is 0 Å². The molecule has 0 bridgehead atoms. The van der Waals surface area contributed by atoms with Gasteiger partial charge in [-0.1, -0.05) is 0 Å². The Morgan fingerprint density at radius 3 is 2.79 bits per heavy atom. The first kappa shape index (κ1) is 9.77. The number of rotatable bonds is 3. The summed E-state index contributed by atoms with van der Waals surface area (Å²) in [6, 6.07) is 2.01. The summed E-state index contributed by atoms with van der Waals surface area (Å²) < 4.78 is 6.50. The molecule has 0 aliphatic heterocycles. The Balaban J connectivity index is 2.21. The van der Waals surface area contributed by atoms with Crippen molar-refractivity contribution in [2.45, 2.75) is 18.9 Å². The van der Waals surface area contributed by atoms with Crippen LogP contribution in [0.2, 0.25) is 0 Å². The predicted octanol–water partition coefficient (Wildman–Crippen LogP) is 2.45. The topological polar surface area (TPSA) is 25.4 Å². The Morgan fingerprint density at radius 2 is 2.21 bits per heavy atom. The van der Waals surface area contributed by atoms with Crippen LogP contribution in [-0.4, -0.2) is 25.2 Å². The third kappa shape index (κ3) is 2.18. The molecule has 0 aromatic carbocycles. The Hall–Kier alpha value is -0.770. The lowest BCUT2D eigenvalue weighted by Crippen LogP contribution is -2.09. The van der Waals surface area contributed by atoms with E-state index in [0.29, 0.717) is 6.10 Å². The molecular formula is C10H13BrN2O. The molecule has 2 rings (SSSR count). The third-order valence-electron chi connectivity index (χ3n) is 2.13. The van der Waals surface area contributed by atoms with Gasteiger partial charge in [-0.2, -0.15) is 0 Å². The van der Waals surface area contributed by atoms with Crippen molar-refractivity contribution in [2.75, 3.05) is 19.0 Å². The minimum Gasteiger partial charge on any atom is -0.488 e. The van der Waals surface area contributed by atoms with Gasteiger partial charge in [-0.3, -0.25) is 0 Å². The fraction of sp³-hybridized carbons (Fsp3) is 0.500. The van der Waals surface area contributed by atoms with Crippen molar-refractivity contribution in [3.63, 3.8) is 0 Å². The molecule has 1 saturated carbocycles. The molecule has 1 fully saturated rings. The van der Waals surface area contributed by atoms with E-state index in [4.69, 9.17) is 4.74 Å². The van der Waals surface area contributed by atoms with Crippen LogP contribution in [0.4, 0.5) is 5.69 Å². The number of nitrogens with zero attached hydrogens (tertiary/aromatic N) is 2. The molecule has 1 aliphatic carbocycles. The second-order valence-electron chi connectivity index (χ2n) is 3.69. The van der Waals surface area contributed by atoms with Crippen LogP contribution in [0.3, 0.4) is 0 Å². The quantitative estimate of drug-likeness (QED) is 0.778. The zero-order valence-electron chi connectivity index (χ0n) is 8.33. The number of ether oxygens (including phenoxy) is 1. The van der Waals surface area contributed by atoms with E-state index in [1.165, 1.54) is 12.8 Å². The fourth-order valence-electron chi connectivity index (χ4n) is 1.11. The Kier molecular flexibility index (Phi) is 2.63. The summed E-state index contributed by atoms with van der Waals surface area (Å²) in [4.78, 5) is 6.24. The monoisotopic (exact) mass is 256 g/mol. The number of hydrogen-bond acceptors (Lipinski definition) is 3. The number of anilines is 1. The van der Waals surface area contributed by atoms with Crippen LogP contribution in [0, 0.1) is 0 Å². The van der Waals surface area contributed by atoms with Gasteiger partial charge in [0.05, 0.1) is 18.0 Å². The number of aromatic nitrogens is 1. The summed E-state index contributed by atoms with van der Waals surface area (Å²) >= 11 is 3.38. The van der Waals surface area contributed by atoms with Crippen LogP contribution >= 0.6 is 15.9 Å². The van der Waals surface area contributed by atoms with Gasteiger partial charge >= 0.3 is 0 Å². The van der Waals surface area contributed by atoms with Crippen molar-refractivity contribution in [3.8, 4) is 5.75 Å². The number of hydrogen-bond donors (Lipinski definition) is 0. The summed E-state index contributed by atoms with van der Waals surface area (Å²) in [5, 5.41) is 0. The van der Waals surface area contributed by atoms with Crippen molar-refractivity contribution >= 4 is 21.6 Å². The molecule has 1 heterocycles. The van der Waals surface area contributed by atoms with E-state index in [1.54, 1.807) is 0 Å². The molecule has 1 aromatic heterocycles. The van der Waals surface area contributed by atoms with E-state index in [2.05, 4.69) is 20.9 Å². The molecule has 0 atom stereocenters. The zero-order chi connectivity index (χ0) is 10.1. The molecule has 1 aromatic rings. The number of pyridine rings is 1. The Labute approximate surface area is 92.2 Å². The van der Waals surface area contributed by atoms with Gasteiger partial charge < -0.3 is 9.64 Å². The average Bonchev–Trinajstić information content (AvgIpc) is 2.92. The fourth-order valence-corrected chi connectivity index (χ4v) is 1.42. The van der Waals surface area contributed by atoms with Crippen LogP contribution in [0.15, 0.2) is 16.9 Å². The maximum atomic E-state index is 5.71. The molecule has 1 aliphatic rings. The molecule has 0 amide bonds. The third-order valence-corrected chi connectivity index (χ3v) is 2.72. The van der Waals surface area contributed by atoms with E-state index in [0.717, 1.165) is 16.0 Å². The number of halogens is 1. The standard InChI is InChI=1S/C10H13BrN2O/c1-13(2)7-5-9(10(11)12-6-7)14-8-3-4-8/h5-6,8H,3-4H2,1-2H3. The van der Waals surface area contributed by atoms with Gasteiger partial charge in [-0.25, -0.2) is 4.98 Å². The van der Waals surface area contributed by atoms with Crippen molar-refractivity contribution in [3.05, 3.63) is 16.9 Å². The maximum absolute atomic E-state index is 5.71. The van der Waals surface area contributed by atoms with Crippen molar-refractivity contribution < 1.29 is 4.74 Å². The summed E-state index contributed by atoms with van der Waals surface area (Å²) in [5.74, 6) is 0.846. The van der Waals surface area contributed by atoms with E-state index in [-0.39, 0.29) is 0 Å². The lowest BCUT2D eigenvalue weighted by molar-refractivity contribution is 0.300. The first-order valence-corrected chi connectivity index (χ1v) is 5.45. The SMILES string of the molecule is CN(C)c1cnc(Br)c(OC2CC2)c1. The first-order valence-electron chi connectivity index (χ1n) is 4.66. The summed E-state index contributed by atoms with van der Waals surface area (Å²) in [6.07, 6.45) is 4.56. The highest BCUT2D eigenvalue weighted by Crippen LogP contribution is 2.32. The van der Waals surface area contributed by atoms with Gasteiger partial charge in [-0.05, 0) is 28.8 Å². The minimum absolute atomic E-state index is 0.408. The second-order valence-corrected chi connectivity index (χ2v) is 4.45. The Bertz CT molecular complexity index is 337. The maximum Gasteiger partial charge on any atom is 0.154 e. The molecule has 3 nitrogen and oxygen atoms in total. The molecule has 0 saturated heterocycles. The molecule has 0 radical (unpaired) electrons. The highest BCUT2D eigenvalue weighted by molar-refractivity contribution is 9.10. The minimum atomic E-state index is 0.408. The van der Waals surface area contributed by atoms with Crippen molar-refractivity contribution in [1.29, 1.82) is 0 Å². The van der Waals surface area contributed by atoms with Crippen molar-refractivity contribution in [1.82, 2.24) is 4.98 Å².